The fourth-order valence-electron chi connectivity index (χ4n) is 1.63. The van der Waals surface area contributed by atoms with Crippen molar-refractivity contribution in [3.05, 3.63) is 10.4 Å². The fraction of sp³-hybridized carbons (Fsp3) is 1.00. The molecule has 0 amide bonds. The van der Waals surface area contributed by atoms with Crippen molar-refractivity contribution in [3.8, 4) is 0 Å². The molecular formula is C16H33N3O8. The minimum Gasteiger partial charge on any atom is -0.431 e. The minimum absolute atomic E-state index is 0.223. The van der Waals surface area contributed by atoms with Crippen LogP contribution < -0.4 is 0 Å². The van der Waals surface area contributed by atoms with E-state index in [2.05, 4.69) is 15.0 Å². The second-order valence-corrected chi connectivity index (χ2v) is 4.88. The molecule has 0 radical (unpaired) electrons. The molecule has 0 aliphatic heterocycles. The molecule has 0 aromatic carbocycles. The summed E-state index contributed by atoms with van der Waals surface area (Å²) >= 11 is 0. The summed E-state index contributed by atoms with van der Waals surface area (Å²) < 4.78 is 37.1. The highest BCUT2D eigenvalue weighted by Crippen LogP contribution is 1.85. The van der Waals surface area contributed by atoms with Gasteiger partial charge in [-0.3, -0.25) is 0 Å². The number of azide groups is 1. The van der Waals surface area contributed by atoms with Gasteiger partial charge in [-0.15, -0.1) is 0 Å². The lowest BCUT2D eigenvalue weighted by atomic mass is 10.6. The van der Waals surface area contributed by atoms with Crippen molar-refractivity contribution in [1.82, 2.24) is 0 Å². The second kappa shape index (κ2) is 24.8. The van der Waals surface area contributed by atoms with Crippen LogP contribution in [0.1, 0.15) is 6.92 Å². The summed E-state index contributed by atoms with van der Waals surface area (Å²) in [6.45, 7) is 9.55. The third-order valence-corrected chi connectivity index (χ3v) is 2.85. The molecule has 11 nitrogen and oxygen atoms in total. The zero-order valence-electron chi connectivity index (χ0n) is 16.2. The second-order valence-electron chi connectivity index (χ2n) is 4.88. The van der Waals surface area contributed by atoms with Crippen molar-refractivity contribution in [2.24, 2.45) is 5.28 Å². The van der Waals surface area contributed by atoms with Crippen LogP contribution in [0.25, 0.3) is 10.4 Å². The average molecular weight is 395 g/mol. The first-order chi connectivity index (χ1) is 13.4. The van der Waals surface area contributed by atoms with Crippen molar-refractivity contribution in [1.29, 1.82) is 0 Å². The Labute approximate surface area is 160 Å². The van der Waals surface area contributed by atoms with Crippen molar-refractivity contribution >= 4 is 0 Å². The molecule has 0 aromatic heterocycles. The highest BCUT2D eigenvalue weighted by atomic mass is 16.7. The standard InChI is InChI=1S/C16H33N3O8/c1-2-20-3-4-21-5-6-22-7-8-23-9-10-24-11-12-25-13-14-26-15-16-27-19-18-17/h2-16H2,1H3. The Balaban J connectivity index is 2.98. The molecule has 0 saturated carbocycles. The molecule has 0 saturated heterocycles. The zero-order valence-corrected chi connectivity index (χ0v) is 16.2. The summed E-state index contributed by atoms with van der Waals surface area (Å²) in [5.74, 6) is 0. The fourth-order valence-corrected chi connectivity index (χ4v) is 1.63. The number of nitrogens with zero attached hydrogens (tertiary/aromatic N) is 3. The van der Waals surface area contributed by atoms with Gasteiger partial charge in [-0.2, -0.15) is 0 Å². The quantitative estimate of drug-likeness (QED) is 0.0835. The Hall–Kier alpha value is -1.17. The molecule has 0 unspecified atom stereocenters. The van der Waals surface area contributed by atoms with Crippen molar-refractivity contribution in [2.75, 3.05) is 99.1 Å². The van der Waals surface area contributed by atoms with Gasteiger partial charge in [0.05, 0.1) is 85.9 Å². The van der Waals surface area contributed by atoms with Gasteiger partial charge in [-0.25, -0.2) is 0 Å². The van der Waals surface area contributed by atoms with Crippen LogP contribution in [0.5, 0.6) is 0 Å². The van der Waals surface area contributed by atoms with Crippen LogP contribution in [0.2, 0.25) is 0 Å². The predicted octanol–water partition coefficient (Wildman–Crippen LogP) is 1.36. The van der Waals surface area contributed by atoms with E-state index < -0.39 is 0 Å². The van der Waals surface area contributed by atoms with Crippen LogP contribution in [0, 0.1) is 0 Å². The molecule has 160 valence electrons. The average Bonchev–Trinajstić information content (AvgIpc) is 2.68. The third kappa shape index (κ3) is 24.8. The maximum Gasteiger partial charge on any atom is 0.120 e. The van der Waals surface area contributed by atoms with E-state index in [1.54, 1.807) is 0 Å². The Morgan fingerprint density at radius 3 is 1.11 bits per heavy atom. The Bertz CT molecular complexity index is 333. The van der Waals surface area contributed by atoms with Crippen molar-refractivity contribution < 1.29 is 38.0 Å². The van der Waals surface area contributed by atoms with E-state index in [1.807, 2.05) is 6.92 Å². The lowest BCUT2D eigenvalue weighted by Gasteiger charge is -2.08. The highest BCUT2D eigenvalue weighted by molar-refractivity contribution is 4.37. The molecule has 0 N–H and O–H groups in total. The maximum atomic E-state index is 7.98. The van der Waals surface area contributed by atoms with Gasteiger partial charge in [-0.05, 0) is 12.5 Å². The lowest BCUT2D eigenvalue weighted by Crippen LogP contribution is -2.14. The van der Waals surface area contributed by atoms with Crippen LogP contribution in [0.4, 0.5) is 0 Å². The van der Waals surface area contributed by atoms with E-state index in [9.17, 15) is 0 Å². The van der Waals surface area contributed by atoms with E-state index in [1.165, 1.54) is 0 Å². The van der Waals surface area contributed by atoms with Gasteiger partial charge in [0.1, 0.15) is 11.9 Å². The topological polar surface area (TPSA) is 123 Å². The van der Waals surface area contributed by atoms with E-state index in [-0.39, 0.29) is 6.61 Å². The monoisotopic (exact) mass is 395 g/mol. The first kappa shape index (κ1) is 25.8. The van der Waals surface area contributed by atoms with E-state index >= 15 is 0 Å². The van der Waals surface area contributed by atoms with E-state index in [0.29, 0.717) is 92.5 Å². The van der Waals surface area contributed by atoms with Crippen LogP contribution in [-0.2, 0) is 38.0 Å². The molecule has 0 aliphatic carbocycles. The molecular weight excluding hydrogens is 362 g/mol. The predicted molar refractivity (Wildman–Crippen MR) is 96.5 cm³/mol. The zero-order chi connectivity index (χ0) is 19.7. The first-order valence-electron chi connectivity index (χ1n) is 9.12. The van der Waals surface area contributed by atoms with Gasteiger partial charge in [0.2, 0.25) is 0 Å². The smallest absolute Gasteiger partial charge is 0.120 e. The SMILES string of the molecule is CCOCCOCCOCCOCCOCCOCCOCCON=[N+]=[N-]. The number of rotatable bonds is 23. The van der Waals surface area contributed by atoms with Crippen LogP contribution in [-0.4, -0.2) is 99.1 Å². The van der Waals surface area contributed by atoms with Gasteiger partial charge >= 0.3 is 0 Å². The minimum atomic E-state index is 0.223. The molecule has 0 rings (SSSR count). The summed E-state index contributed by atoms with van der Waals surface area (Å²) in [4.78, 5) is 6.96. The maximum absolute atomic E-state index is 7.98. The molecule has 0 atom stereocenters. The van der Waals surface area contributed by atoms with Gasteiger partial charge in [-0.1, -0.05) is 0 Å². The summed E-state index contributed by atoms with van der Waals surface area (Å²) in [6.07, 6.45) is 0. The number of ether oxygens (including phenoxy) is 7. The summed E-state index contributed by atoms with van der Waals surface area (Å²) in [7, 11) is 0. The Kier molecular flexibility index (Phi) is 23.8. The molecule has 0 fully saturated rings. The summed E-state index contributed by atoms with van der Waals surface area (Å²) in [5.41, 5.74) is 7.98. The van der Waals surface area contributed by atoms with E-state index in [0.717, 1.165) is 0 Å². The van der Waals surface area contributed by atoms with Crippen molar-refractivity contribution in [2.45, 2.75) is 6.92 Å². The third-order valence-electron chi connectivity index (χ3n) is 2.85. The Morgan fingerprint density at radius 1 is 0.519 bits per heavy atom. The highest BCUT2D eigenvalue weighted by Gasteiger charge is 1.94. The number of hydrogen-bond acceptors (Lipinski definition) is 9. The number of hydrogen-bond donors (Lipinski definition) is 0. The van der Waals surface area contributed by atoms with Crippen molar-refractivity contribution in [3.63, 3.8) is 0 Å². The Morgan fingerprint density at radius 2 is 0.815 bits per heavy atom. The van der Waals surface area contributed by atoms with Crippen LogP contribution >= 0.6 is 0 Å². The normalized spacial score (nSPS) is 10.7. The van der Waals surface area contributed by atoms with Gasteiger partial charge < -0.3 is 38.0 Å². The summed E-state index contributed by atoms with van der Waals surface area (Å²) in [6, 6.07) is 0. The molecule has 11 heteroatoms. The molecule has 0 spiro atoms. The van der Waals surface area contributed by atoms with Gasteiger partial charge in [0.25, 0.3) is 0 Å². The van der Waals surface area contributed by atoms with Gasteiger partial charge in [0, 0.05) is 11.5 Å². The molecule has 0 bridgehead atoms. The molecule has 0 aliphatic rings. The molecule has 0 heterocycles. The largest absolute Gasteiger partial charge is 0.431 e. The lowest BCUT2D eigenvalue weighted by molar-refractivity contribution is -0.0228. The first-order valence-corrected chi connectivity index (χ1v) is 9.12. The van der Waals surface area contributed by atoms with Crippen LogP contribution in [0.3, 0.4) is 0 Å². The van der Waals surface area contributed by atoms with Gasteiger partial charge in [0.15, 0.2) is 0 Å². The van der Waals surface area contributed by atoms with Crippen LogP contribution in [0.15, 0.2) is 5.28 Å². The van der Waals surface area contributed by atoms with E-state index in [4.69, 9.17) is 38.7 Å². The molecule has 27 heavy (non-hydrogen) atoms. The summed E-state index contributed by atoms with van der Waals surface area (Å²) in [5, 5.41) is 2.92. The molecule has 0 aromatic rings.